The first-order valence-electron chi connectivity index (χ1n) is 6.37. The summed E-state index contributed by atoms with van der Waals surface area (Å²) >= 11 is 0. The summed E-state index contributed by atoms with van der Waals surface area (Å²) in [6.45, 7) is -0.601. The molecule has 1 heterocycles. The van der Waals surface area contributed by atoms with Gasteiger partial charge in [-0.05, 0) is 19.1 Å². The first-order chi connectivity index (χ1) is 10.0. The summed E-state index contributed by atoms with van der Waals surface area (Å²) in [5, 5.41) is 7.34. The van der Waals surface area contributed by atoms with E-state index in [1.807, 2.05) is 6.92 Å². The van der Waals surface area contributed by atoms with Gasteiger partial charge in [0.25, 0.3) is 0 Å². The molecule has 114 valence electrons. The maximum Gasteiger partial charge on any atom is 0.387 e. The maximum absolute atomic E-state index is 12.4. The van der Waals surface area contributed by atoms with Gasteiger partial charge in [0, 0.05) is 13.6 Å². The van der Waals surface area contributed by atoms with Gasteiger partial charge in [0.1, 0.15) is 5.75 Å². The second-order valence-electron chi connectivity index (χ2n) is 4.43. The Kier molecular flexibility index (Phi) is 4.62. The van der Waals surface area contributed by atoms with Gasteiger partial charge in [-0.2, -0.15) is 13.9 Å². The van der Waals surface area contributed by atoms with Crippen molar-refractivity contribution in [3.8, 4) is 11.6 Å². The highest BCUT2D eigenvalue weighted by atomic mass is 19.3. The van der Waals surface area contributed by atoms with Crippen molar-refractivity contribution in [3.05, 3.63) is 35.5 Å². The van der Waals surface area contributed by atoms with Crippen molar-refractivity contribution < 1.29 is 18.3 Å². The van der Waals surface area contributed by atoms with Gasteiger partial charge in [0.15, 0.2) is 0 Å². The molecular weight excluding hydrogens is 280 g/mol. The van der Waals surface area contributed by atoms with E-state index in [1.54, 1.807) is 37.0 Å². The van der Waals surface area contributed by atoms with Gasteiger partial charge in [0.2, 0.25) is 5.88 Å². The first-order valence-corrected chi connectivity index (χ1v) is 6.37. The van der Waals surface area contributed by atoms with Gasteiger partial charge in [-0.3, -0.25) is 0 Å². The Balaban J connectivity index is 2.17. The van der Waals surface area contributed by atoms with Crippen LogP contribution < -0.4 is 14.8 Å². The summed E-state index contributed by atoms with van der Waals surface area (Å²) in [6.07, 6.45) is 0. The molecule has 21 heavy (non-hydrogen) atoms. The third kappa shape index (κ3) is 3.42. The number of aryl methyl sites for hydroxylation is 2. The van der Waals surface area contributed by atoms with Gasteiger partial charge in [-0.1, -0.05) is 12.1 Å². The molecule has 2 rings (SSSR count). The summed E-state index contributed by atoms with van der Waals surface area (Å²) in [6, 6.07) is 6.55. The van der Waals surface area contributed by atoms with Crippen LogP contribution >= 0.6 is 0 Å². The molecule has 0 aliphatic rings. The maximum atomic E-state index is 12.4. The molecule has 0 amide bonds. The number of hydrogen-bond acceptors (Lipinski definition) is 4. The SMILES string of the molecule is COc1c(CNc2ccccc2OC(F)F)c(C)nn1C. The lowest BCUT2D eigenvalue weighted by molar-refractivity contribution is -0.0493. The van der Waals surface area contributed by atoms with E-state index in [0.717, 1.165) is 11.3 Å². The lowest BCUT2D eigenvalue weighted by Gasteiger charge is -2.13. The number of alkyl halides is 2. The Morgan fingerprint density at radius 1 is 1.33 bits per heavy atom. The second-order valence-corrected chi connectivity index (χ2v) is 4.43. The fraction of sp³-hybridized carbons (Fsp3) is 0.357. The molecule has 1 N–H and O–H groups in total. The zero-order valence-electron chi connectivity index (χ0n) is 12.1. The minimum Gasteiger partial charge on any atom is -0.481 e. The number of ether oxygens (including phenoxy) is 2. The monoisotopic (exact) mass is 297 g/mol. The van der Waals surface area contributed by atoms with Crippen molar-refractivity contribution in [2.75, 3.05) is 12.4 Å². The number of anilines is 1. The van der Waals surface area contributed by atoms with Crippen LogP contribution in [0.5, 0.6) is 11.6 Å². The highest BCUT2D eigenvalue weighted by molar-refractivity contribution is 5.56. The number of halogens is 2. The fourth-order valence-electron chi connectivity index (χ4n) is 2.13. The average molecular weight is 297 g/mol. The third-order valence-electron chi connectivity index (χ3n) is 3.04. The number of nitrogens with one attached hydrogen (secondary N) is 1. The molecule has 0 spiro atoms. The molecule has 0 radical (unpaired) electrons. The van der Waals surface area contributed by atoms with Gasteiger partial charge in [0.05, 0.1) is 24.1 Å². The summed E-state index contributed by atoms with van der Waals surface area (Å²) in [7, 11) is 3.34. The number of nitrogens with zero attached hydrogens (tertiary/aromatic N) is 2. The molecule has 1 aromatic carbocycles. The Morgan fingerprint density at radius 3 is 2.71 bits per heavy atom. The van der Waals surface area contributed by atoms with Crippen LogP contribution in [-0.4, -0.2) is 23.5 Å². The minimum absolute atomic E-state index is 0.105. The van der Waals surface area contributed by atoms with Crippen LogP contribution in [-0.2, 0) is 13.6 Å². The average Bonchev–Trinajstić information content (AvgIpc) is 2.70. The number of hydrogen-bond donors (Lipinski definition) is 1. The summed E-state index contributed by atoms with van der Waals surface area (Å²) in [5.74, 6) is 0.736. The van der Waals surface area contributed by atoms with E-state index in [9.17, 15) is 8.78 Å². The Hall–Kier alpha value is -2.31. The van der Waals surface area contributed by atoms with Crippen LogP contribution in [0.4, 0.5) is 14.5 Å². The normalized spacial score (nSPS) is 10.8. The van der Waals surface area contributed by atoms with Crippen molar-refractivity contribution in [1.29, 1.82) is 0 Å². The van der Waals surface area contributed by atoms with Gasteiger partial charge < -0.3 is 14.8 Å². The molecule has 2 aromatic rings. The highest BCUT2D eigenvalue weighted by Crippen LogP contribution is 2.28. The van der Waals surface area contributed by atoms with Crippen LogP contribution in [0.3, 0.4) is 0 Å². The Bertz CT molecular complexity index is 614. The van der Waals surface area contributed by atoms with Crippen LogP contribution in [0.25, 0.3) is 0 Å². The fourth-order valence-corrected chi connectivity index (χ4v) is 2.13. The third-order valence-corrected chi connectivity index (χ3v) is 3.04. The van der Waals surface area contributed by atoms with Crippen molar-refractivity contribution >= 4 is 5.69 Å². The van der Waals surface area contributed by atoms with E-state index in [1.165, 1.54) is 6.07 Å². The topological polar surface area (TPSA) is 48.3 Å². The Morgan fingerprint density at radius 2 is 2.05 bits per heavy atom. The molecule has 0 fully saturated rings. The first kappa shape index (κ1) is 15.1. The van der Waals surface area contributed by atoms with Crippen molar-refractivity contribution in [3.63, 3.8) is 0 Å². The summed E-state index contributed by atoms with van der Waals surface area (Å²) in [4.78, 5) is 0. The van der Waals surface area contributed by atoms with Crippen molar-refractivity contribution in [1.82, 2.24) is 9.78 Å². The van der Waals surface area contributed by atoms with Crippen molar-refractivity contribution in [2.24, 2.45) is 7.05 Å². The predicted octanol–water partition coefficient (Wildman–Crippen LogP) is 2.95. The summed E-state index contributed by atoms with van der Waals surface area (Å²) in [5.41, 5.74) is 2.17. The van der Waals surface area contributed by atoms with E-state index in [2.05, 4.69) is 15.2 Å². The molecular formula is C14H17F2N3O2. The predicted molar refractivity (Wildman–Crippen MR) is 74.9 cm³/mol. The summed E-state index contributed by atoms with van der Waals surface area (Å²) < 4.78 is 36.1. The molecule has 0 bridgehead atoms. The van der Waals surface area contributed by atoms with Crippen LogP contribution in [0.15, 0.2) is 24.3 Å². The number of benzene rings is 1. The Labute approximate surface area is 121 Å². The zero-order valence-corrected chi connectivity index (χ0v) is 12.1. The highest BCUT2D eigenvalue weighted by Gasteiger charge is 2.15. The molecule has 0 aliphatic carbocycles. The smallest absolute Gasteiger partial charge is 0.387 e. The number of methoxy groups -OCH3 is 1. The van der Waals surface area contributed by atoms with E-state index in [4.69, 9.17) is 4.74 Å². The molecule has 0 saturated heterocycles. The van der Waals surface area contributed by atoms with Crippen LogP contribution in [0.1, 0.15) is 11.3 Å². The number of para-hydroxylation sites is 2. The van der Waals surface area contributed by atoms with Gasteiger partial charge in [-0.25, -0.2) is 4.68 Å². The van der Waals surface area contributed by atoms with E-state index in [-0.39, 0.29) is 5.75 Å². The lowest BCUT2D eigenvalue weighted by Crippen LogP contribution is -2.07. The molecule has 0 saturated carbocycles. The minimum atomic E-state index is -2.86. The standard InChI is InChI=1S/C14H17F2N3O2/c1-9-10(13(20-3)19(2)18-9)8-17-11-6-4-5-7-12(11)21-14(15)16/h4-7,14,17H,8H2,1-3H3. The molecule has 1 aromatic heterocycles. The van der Waals surface area contributed by atoms with Gasteiger partial charge >= 0.3 is 6.61 Å². The van der Waals surface area contributed by atoms with E-state index in [0.29, 0.717) is 18.1 Å². The molecule has 0 aliphatic heterocycles. The largest absolute Gasteiger partial charge is 0.481 e. The number of aromatic nitrogens is 2. The van der Waals surface area contributed by atoms with Crippen LogP contribution in [0.2, 0.25) is 0 Å². The quantitative estimate of drug-likeness (QED) is 0.890. The molecule has 0 unspecified atom stereocenters. The van der Waals surface area contributed by atoms with Crippen LogP contribution in [0, 0.1) is 6.92 Å². The molecule has 0 atom stereocenters. The van der Waals surface area contributed by atoms with Gasteiger partial charge in [-0.15, -0.1) is 0 Å². The lowest BCUT2D eigenvalue weighted by atomic mass is 10.2. The molecule has 7 heteroatoms. The zero-order chi connectivity index (χ0) is 15.4. The van der Waals surface area contributed by atoms with E-state index < -0.39 is 6.61 Å². The van der Waals surface area contributed by atoms with E-state index >= 15 is 0 Å². The second kappa shape index (κ2) is 6.43. The van der Waals surface area contributed by atoms with Crippen molar-refractivity contribution in [2.45, 2.75) is 20.1 Å². The molecule has 5 nitrogen and oxygen atoms in total. The number of rotatable bonds is 6.